The molecule has 2 unspecified atom stereocenters. The van der Waals surface area contributed by atoms with Crippen LogP contribution in [-0.4, -0.2) is 60.2 Å². The summed E-state index contributed by atoms with van der Waals surface area (Å²) in [7, 11) is 0. The molecule has 0 aliphatic carbocycles. The van der Waals surface area contributed by atoms with Crippen LogP contribution >= 0.6 is 0 Å². The largest absolute Gasteiger partial charge is 0.388 e. The van der Waals surface area contributed by atoms with E-state index in [0.29, 0.717) is 19.0 Å². The molecule has 2 atom stereocenters. The molecule has 2 N–H and O–H groups in total. The number of nitrogens with zero attached hydrogens (tertiary/aromatic N) is 2. The molecule has 0 radical (unpaired) electrons. The molecule has 2 aliphatic heterocycles. The van der Waals surface area contributed by atoms with E-state index in [1.165, 1.54) is 5.56 Å². The van der Waals surface area contributed by atoms with Crippen molar-refractivity contribution in [3.8, 4) is 0 Å². The number of hydrogen-bond acceptors (Lipinski definition) is 3. The summed E-state index contributed by atoms with van der Waals surface area (Å²) >= 11 is 0. The van der Waals surface area contributed by atoms with Crippen molar-refractivity contribution in [3.05, 3.63) is 71.8 Å². The summed E-state index contributed by atoms with van der Waals surface area (Å²) in [5, 5.41) is 13.8. The van der Waals surface area contributed by atoms with Crippen LogP contribution in [0.4, 0.5) is 4.79 Å². The lowest BCUT2D eigenvalue weighted by molar-refractivity contribution is 0.0664. The van der Waals surface area contributed by atoms with Crippen LogP contribution in [0.15, 0.2) is 60.7 Å². The first-order valence-electron chi connectivity index (χ1n) is 11.7. The third-order valence-corrected chi connectivity index (χ3v) is 6.89. The Bertz CT molecular complexity index is 806. The minimum absolute atomic E-state index is 0.0513. The van der Waals surface area contributed by atoms with Gasteiger partial charge in [0.2, 0.25) is 0 Å². The topological polar surface area (TPSA) is 55.8 Å². The Morgan fingerprint density at radius 1 is 0.968 bits per heavy atom. The second-order valence-corrected chi connectivity index (χ2v) is 9.06. The second kappa shape index (κ2) is 10.8. The Morgan fingerprint density at radius 2 is 1.65 bits per heavy atom. The zero-order valence-corrected chi connectivity index (χ0v) is 18.3. The number of urea groups is 1. The molecule has 5 heteroatoms. The monoisotopic (exact) mass is 421 g/mol. The lowest BCUT2D eigenvalue weighted by atomic mass is 9.87. The van der Waals surface area contributed by atoms with E-state index in [0.717, 1.165) is 57.4 Å². The fraction of sp³-hybridized carbons (Fsp3) is 0.500. The molecular weight excluding hydrogens is 386 g/mol. The number of nitrogens with one attached hydrogen (secondary N) is 1. The molecular formula is C26H35N3O2. The number of hydrogen-bond donors (Lipinski definition) is 2. The highest BCUT2D eigenvalue weighted by atomic mass is 16.3. The van der Waals surface area contributed by atoms with Crippen LogP contribution in [0.1, 0.15) is 36.5 Å². The molecule has 0 bridgehead atoms. The molecule has 2 aromatic rings. The number of rotatable bonds is 7. The molecule has 2 heterocycles. The molecule has 166 valence electrons. The molecule has 2 saturated heterocycles. The highest BCUT2D eigenvalue weighted by molar-refractivity contribution is 5.74. The molecule has 4 rings (SSSR count). The highest BCUT2D eigenvalue weighted by Gasteiger charge is 2.29. The Balaban J connectivity index is 1.14. The van der Waals surface area contributed by atoms with Crippen LogP contribution in [0, 0.1) is 11.8 Å². The summed E-state index contributed by atoms with van der Waals surface area (Å²) in [5.41, 5.74) is 2.36. The lowest BCUT2D eigenvalue weighted by Gasteiger charge is -2.34. The Labute approximate surface area is 186 Å². The fourth-order valence-corrected chi connectivity index (χ4v) is 4.90. The molecule has 0 aromatic heterocycles. The Morgan fingerprint density at radius 3 is 2.35 bits per heavy atom. The summed E-state index contributed by atoms with van der Waals surface area (Å²) in [5.74, 6) is 0.761. The number of aliphatic hydroxyl groups excluding tert-OH is 1. The SMILES string of the molecule is O=C(NCC1CCN(CCc2ccccc2)C1)N1CCC(C(O)c2ccccc2)CC1. The predicted molar refractivity (Wildman–Crippen MR) is 124 cm³/mol. The van der Waals surface area contributed by atoms with E-state index in [1.54, 1.807) is 0 Å². The van der Waals surface area contributed by atoms with Crippen molar-refractivity contribution in [3.63, 3.8) is 0 Å². The van der Waals surface area contributed by atoms with Gasteiger partial charge in [-0.05, 0) is 55.2 Å². The standard InChI is InChI=1S/C26H35N3O2/c30-25(23-9-5-2-6-10-23)24-13-17-29(18-14-24)26(31)27-19-22-12-16-28(20-22)15-11-21-7-3-1-4-8-21/h1-10,22,24-25,30H,11-20H2,(H,27,31). The minimum Gasteiger partial charge on any atom is -0.388 e. The van der Waals surface area contributed by atoms with Gasteiger partial charge in [0.05, 0.1) is 6.10 Å². The van der Waals surface area contributed by atoms with Gasteiger partial charge in [-0.1, -0.05) is 60.7 Å². The zero-order valence-electron chi connectivity index (χ0n) is 18.3. The van der Waals surface area contributed by atoms with E-state index in [2.05, 4.69) is 40.5 Å². The minimum atomic E-state index is -0.438. The summed E-state index contributed by atoms with van der Waals surface area (Å²) in [6.45, 7) is 5.47. The van der Waals surface area contributed by atoms with Gasteiger partial charge < -0.3 is 20.2 Å². The summed E-state index contributed by atoms with van der Waals surface area (Å²) in [6, 6.07) is 20.6. The maximum atomic E-state index is 12.6. The summed E-state index contributed by atoms with van der Waals surface area (Å²) in [6.07, 6.45) is 3.50. The maximum Gasteiger partial charge on any atom is 0.317 e. The van der Waals surface area contributed by atoms with Crippen molar-refractivity contribution in [2.45, 2.75) is 31.8 Å². The maximum absolute atomic E-state index is 12.6. The van der Waals surface area contributed by atoms with Gasteiger partial charge in [0.15, 0.2) is 0 Å². The van der Waals surface area contributed by atoms with Crippen LogP contribution in [0.5, 0.6) is 0 Å². The molecule has 2 aromatic carbocycles. The van der Waals surface area contributed by atoms with Gasteiger partial charge in [-0.2, -0.15) is 0 Å². The number of amides is 2. The molecule has 2 aliphatic rings. The number of carbonyl (C=O) groups is 1. The average Bonchev–Trinajstić information content (AvgIpc) is 3.30. The number of aliphatic hydroxyl groups is 1. The van der Waals surface area contributed by atoms with Crippen molar-refractivity contribution in [1.82, 2.24) is 15.1 Å². The van der Waals surface area contributed by atoms with Gasteiger partial charge in [-0.3, -0.25) is 0 Å². The lowest BCUT2D eigenvalue weighted by Crippen LogP contribution is -2.46. The third kappa shape index (κ3) is 6.08. The van der Waals surface area contributed by atoms with Crippen molar-refractivity contribution in [1.29, 1.82) is 0 Å². The molecule has 31 heavy (non-hydrogen) atoms. The van der Waals surface area contributed by atoms with Crippen molar-refractivity contribution >= 4 is 6.03 Å². The van der Waals surface area contributed by atoms with E-state index in [9.17, 15) is 9.90 Å². The van der Waals surface area contributed by atoms with E-state index < -0.39 is 6.10 Å². The van der Waals surface area contributed by atoms with Gasteiger partial charge in [-0.15, -0.1) is 0 Å². The van der Waals surface area contributed by atoms with Gasteiger partial charge in [0.25, 0.3) is 0 Å². The van der Waals surface area contributed by atoms with Gasteiger partial charge >= 0.3 is 6.03 Å². The average molecular weight is 422 g/mol. The van der Waals surface area contributed by atoms with Crippen LogP contribution in [-0.2, 0) is 6.42 Å². The first-order valence-corrected chi connectivity index (χ1v) is 11.7. The molecule has 0 spiro atoms. The number of benzene rings is 2. The van der Waals surface area contributed by atoms with Crippen molar-refractivity contribution in [2.24, 2.45) is 11.8 Å². The van der Waals surface area contributed by atoms with E-state index in [1.807, 2.05) is 35.2 Å². The molecule has 2 amide bonds. The van der Waals surface area contributed by atoms with E-state index in [4.69, 9.17) is 0 Å². The number of piperidine rings is 1. The quantitative estimate of drug-likeness (QED) is 0.717. The van der Waals surface area contributed by atoms with Gasteiger partial charge in [-0.25, -0.2) is 4.79 Å². The van der Waals surface area contributed by atoms with Crippen LogP contribution in [0.25, 0.3) is 0 Å². The third-order valence-electron chi connectivity index (χ3n) is 6.89. The molecule has 0 saturated carbocycles. The van der Waals surface area contributed by atoms with Gasteiger partial charge in [0, 0.05) is 32.7 Å². The predicted octanol–water partition coefficient (Wildman–Crippen LogP) is 3.71. The summed E-state index contributed by atoms with van der Waals surface area (Å²) in [4.78, 5) is 17.1. The molecule has 2 fully saturated rings. The fourth-order valence-electron chi connectivity index (χ4n) is 4.90. The summed E-state index contributed by atoms with van der Waals surface area (Å²) < 4.78 is 0. The number of carbonyl (C=O) groups excluding carboxylic acids is 1. The van der Waals surface area contributed by atoms with E-state index >= 15 is 0 Å². The van der Waals surface area contributed by atoms with Crippen LogP contribution < -0.4 is 5.32 Å². The van der Waals surface area contributed by atoms with Crippen LogP contribution in [0.2, 0.25) is 0 Å². The first-order chi connectivity index (χ1) is 15.2. The Kier molecular flexibility index (Phi) is 7.60. The first kappa shape index (κ1) is 21.8. The highest BCUT2D eigenvalue weighted by Crippen LogP contribution is 2.30. The molecule has 5 nitrogen and oxygen atoms in total. The number of likely N-dealkylation sites (tertiary alicyclic amines) is 2. The van der Waals surface area contributed by atoms with E-state index in [-0.39, 0.29) is 11.9 Å². The second-order valence-electron chi connectivity index (χ2n) is 9.06. The smallest absolute Gasteiger partial charge is 0.317 e. The van der Waals surface area contributed by atoms with Crippen molar-refractivity contribution in [2.75, 3.05) is 39.3 Å². The normalized spacial score (nSPS) is 21.2. The van der Waals surface area contributed by atoms with Crippen molar-refractivity contribution < 1.29 is 9.90 Å². The Hall–Kier alpha value is -2.37. The zero-order chi connectivity index (χ0) is 21.5. The van der Waals surface area contributed by atoms with Gasteiger partial charge in [0.1, 0.15) is 0 Å². The van der Waals surface area contributed by atoms with Crippen LogP contribution in [0.3, 0.4) is 0 Å².